The van der Waals surface area contributed by atoms with Crippen molar-refractivity contribution in [2.45, 2.75) is 18.8 Å². The maximum absolute atomic E-state index is 11.9. The lowest BCUT2D eigenvalue weighted by Crippen LogP contribution is -2.13. The first-order chi connectivity index (χ1) is 9.63. The molecule has 1 amide bonds. The normalized spacial score (nSPS) is 14.0. The monoisotopic (exact) mass is 273 g/mol. The van der Waals surface area contributed by atoms with E-state index in [4.69, 9.17) is 0 Å². The molecule has 1 heterocycles. The van der Waals surface area contributed by atoms with E-state index in [-0.39, 0.29) is 11.5 Å². The number of nitrogens with one attached hydrogen (secondary N) is 2. The summed E-state index contributed by atoms with van der Waals surface area (Å²) in [6.07, 6.45) is 2.11. The van der Waals surface area contributed by atoms with Crippen molar-refractivity contribution in [3.8, 4) is 0 Å². The fourth-order valence-electron chi connectivity index (χ4n) is 1.80. The summed E-state index contributed by atoms with van der Waals surface area (Å²) in [5.41, 5.74) is 0.249. The number of nitro benzene ring substituents is 1. The molecule has 102 valence electrons. The van der Waals surface area contributed by atoms with Gasteiger partial charge in [-0.15, -0.1) is 5.10 Å². The Morgan fingerprint density at radius 1 is 1.45 bits per heavy atom. The van der Waals surface area contributed by atoms with Crippen molar-refractivity contribution in [3.63, 3.8) is 0 Å². The molecule has 8 heteroatoms. The standard InChI is InChI=1S/C12H11N5O3/c18-12(11-14-10(15-16-11)7-4-5-7)13-8-2-1-3-9(6-8)17(19)20/h1-3,6-7H,4-5H2,(H,13,18)(H,14,15,16). The largest absolute Gasteiger partial charge is 0.319 e. The highest BCUT2D eigenvalue weighted by molar-refractivity contribution is 6.01. The fourth-order valence-corrected chi connectivity index (χ4v) is 1.80. The van der Waals surface area contributed by atoms with Gasteiger partial charge in [0.2, 0.25) is 5.82 Å². The van der Waals surface area contributed by atoms with Crippen LogP contribution >= 0.6 is 0 Å². The van der Waals surface area contributed by atoms with E-state index in [1.54, 1.807) is 6.07 Å². The number of aromatic amines is 1. The average Bonchev–Trinajstić information content (AvgIpc) is 3.16. The number of rotatable bonds is 4. The molecule has 1 aliphatic carbocycles. The number of carbonyl (C=O) groups excluding carboxylic acids is 1. The molecule has 1 aliphatic rings. The summed E-state index contributed by atoms with van der Waals surface area (Å²) in [6.45, 7) is 0. The zero-order valence-corrected chi connectivity index (χ0v) is 10.4. The second-order valence-corrected chi connectivity index (χ2v) is 4.58. The van der Waals surface area contributed by atoms with Crippen LogP contribution in [0.25, 0.3) is 0 Å². The molecule has 2 N–H and O–H groups in total. The van der Waals surface area contributed by atoms with E-state index >= 15 is 0 Å². The second kappa shape index (κ2) is 4.72. The van der Waals surface area contributed by atoms with Gasteiger partial charge in [0.1, 0.15) is 5.82 Å². The van der Waals surface area contributed by atoms with Gasteiger partial charge in [0.25, 0.3) is 11.6 Å². The van der Waals surface area contributed by atoms with E-state index in [1.165, 1.54) is 18.2 Å². The maximum Gasteiger partial charge on any atom is 0.295 e. The summed E-state index contributed by atoms with van der Waals surface area (Å²) in [6, 6.07) is 5.71. The molecule has 0 atom stereocenters. The van der Waals surface area contributed by atoms with Crippen LogP contribution in [0.4, 0.5) is 11.4 Å². The average molecular weight is 273 g/mol. The number of non-ortho nitro benzene ring substituents is 1. The van der Waals surface area contributed by atoms with E-state index in [1.807, 2.05) is 0 Å². The summed E-state index contributed by atoms with van der Waals surface area (Å²) in [4.78, 5) is 26.2. The number of nitrogens with zero attached hydrogens (tertiary/aromatic N) is 3. The second-order valence-electron chi connectivity index (χ2n) is 4.58. The molecule has 1 aromatic carbocycles. The highest BCUT2D eigenvalue weighted by Crippen LogP contribution is 2.37. The van der Waals surface area contributed by atoms with Gasteiger partial charge in [-0.2, -0.15) is 0 Å². The van der Waals surface area contributed by atoms with Crippen molar-refractivity contribution >= 4 is 17.3 Å². The summed E-state index contributed by atoms with van der Waals surface area (Å²) < 4.78 is 0. The number of anilines is 1. The molecular weight excluding hydrogens is 262 g/mol. The van der Waals surface area contributed by atoms with E-state index in [2.05, 4.69) is 20.5 Å². The molecule has 1 aromatic heterocycles. The van der Waals surface area contributed by atoms with Crippen LogP contribution in [0, 0.1) is 10.1 Å². The van der Waals surface area contributed by atoms with Crippen LogP contribution in [0.3, 0.4) is 0 Å². The summed E-state index contributed by atoms with van der Waals surface area (Å²) in [5.74, 6) is 0.642. The molecule has 0 spiro atoms. The molecule has 1 fully saturated rings. The zero-order chi connectivity index (χ0) is 14.1. The molecule has 2 aromatic rings. The SMILES string of the molecule is O=C(Nc1cccc([N+](=O)[O-])c1)c1n[nH]c(C2CC2)n1. The number of H-pyrrole nitrogens is 1. The lowest BCUT2D eigenvalue weighted by molar-refractivity contribution is -0.384. The lowest BCUT2D eigenvalue weighted by atomic mass is 10.3. The van der Waals surface area contributed by atoms with Crippen LogP contribution < -0.4 is 5.32 Å². The Kier molecular flexibility index (Phi) is 2.90. The predicted octanol–water partition coefficient (Wildman–Crippen LogP) is 1.84. The van der Waals surface area contributed by atoms with Crippen molar-refractivity contribution in [2.75, 3.05) is 5.32 Å². The molecule has 3 rings (SSSR count). The van der Waals surface area contributed by atoms with Crippen molar-refractivity contribution in [1.82, 2.24) is 15.2 Å². The van der Waals surface area contributed by atoms with Gasteiger partial charge in [0.15, 0.2) is 0 Å². The Bertz CT molecular complexity index is 677. The van der Waals surface area contributed by atoms with Crippen LogP contribution in [0.1, 0.15) is 35.2 Å². The predicted molar refractivity (Wildman–Crippen MR) is 69.4 cm³/mol. The smallest absolute Gasteiger partial charge is 0.295 e. The summed E-state index contributed by atoms with van der Waals surface area (Å²) in [7, 11) is 0. The molecule has 0 unspecified atom stereocenters. The van der Waals surface area contributed by atoms with Crippen molar-refractivity contribution < 1.29 is 9.72 Å². The minimum absolute atomic E-state index is 0.0402. The Balaban J connectivity index is 1.74. The molecule has 0 aliphatic heterocycles. The maximum atomic E-state index is 11.9. The molecule has 0 radical (unpaired) electrons. The summed E-state index contributed by atoms with van der Waals surface area (Å²) >= 11 is 0. The minimum atomic E-state index is -0.520. The van der Waals surface area contributed by atoms with Crippen molar-refractivity contribution in [1.29, 1.82) is 0 Å². The van der Waals surface area contributed by atoms with Crippen LogP contribution in [0.5, 0.6) is 0 Å². The third-order valence-electron chi connectivity index (χ3n) is 2.98. The highest BCUT2D eigenvalue weighted by Gasteiger charge is 2.28. The number of nitro groups is 1. The van der Waals surface area contributed by atoms with Gasteiger partial charge in [0, 0.05) is 23.7 Å². The number of benzene rings is 1. The van der Waals surface area contributed by atoms with Crippen molar-refractivity contribution in [3.05, 3.63) is 46.0 Å². The number of carbonyl (C=O) groups is 1. The van der Waals surface area contributed by atoms with E-state index in [0.717, 1.165) is 12.8 Å². The quantitative estimate of drug-likeness (QED) is 0.651. The first-order valence-electron chi connectivity index (χ1n) is 6.11. The van der Waals surface area contributed by atoms with Gasteiger partial charge in [0.05, 0.1) is 4.92 Å². The van der Waals surface area contributed by atoms with Crippen LogP contribution in [-0.4, -0.2) is 26.0 Å². The lowest BCUT2D eigenvalue weighted by Gasteiger charge is -2.01. The van der Waals surface area contributed by atoms with Gasteiger partial charge in [-0.25, -0.2) is 4.98 Å². The van der Waals surface area contributed by atoms with Crippen molar-refractivity contribution in [2.24, 2.45) is 0 Å². The third-order valence-corrected chi connectivity index (χ3v) is 2.98. The minimum Gasteiger partial charge on any atom is -0.319 e. The van der Waals surface area contributed by atoms with Gasteiger partial charge < -0.3 is 5.32 Å². The van der Waals surface area contributed by atoms with Crippen LogP contribution in [0.15, 0.2) is 24.3 Å². The van der Waals surface area contributed by atoms with Crippen LogP contribution in [0.2, 0.25) is 0 Å². The van der Waals surface area contributed by atoms with Crippen LogP contribution in [-0.2, 0) is 0 Å². The molecule has 20 heavy (non-hydrogen) atoms. The Morgan fingerprint density at radius 2 is 2.25 bits per heavy atom. The zero-order valence-electron chi connectivity index (χ0n) is 10.4. The fraction of sp³-hybridized carbons (Fsp3) is 0.250. The van der Waals surface area contributed by atoms with Gasteiger partial charge in [-0.1, -0.05) is 6.07 Å². The molecule has 1 saturated carbocycles. The third kappa shape index (κ3) is 2.48. The number of hydrogen-bond acceptors (Lipinski definition) is 5. The number of amides is 1. The molecule has 8 nitrogen and oxygen atoms in total. The van der Waals surface area contributed by atoms with E-state index < -0.39 is 10.8 Å². The number of hydrogen-bond donors (Lipinski definition) is 2. The molecule has 0 bridgehead atoms. The van der Waals surface area contributed by atoms with E-state index in [0.29, 0.717) is 17.4 Å². The van der Waals surface area contributed by atoms with E-state index in [9.17, 15) is 14.9 Å². The Hall–Kier alpha value is -2.77. The first kappa shape index (κ1) is 12.3. The highest BCUT2D eigenvalue weighted by atomic mass is 16.6. The van der Waals surface area contributed by atoms with Gasteiger partial charge in [-0.3, -0.25) is 20.0 Å². The Morgan fingerprint density at radius 3 is 2.95 bits per heavy atom. The topological polar surface area (TPSA) is 114 Å². The number of aromatic nitrogens is 3. The first-order valence-corrected chi connectivity index (χ1v) is 6.11. The van der Waals surface area contributed by atoms with Gasteiger partial charge >= 0.3 is 0 Å². The molecule has 0 saturated heterocycles. The Labute approximate surface area is 113 Å². The molecular formula is C12H11N5O3. The summed E-state index contributed by atoms with van der Waals surface area (Å²) in [5, 5.41) is 19.8. The van der Waals surface area contributed by atoms with Gasteiger partial charge in [-0.05, 0) is 18.9 Å².